The van der Waals surface area contributed by atoms with Crippen LogP contribution in [0, 0.1) is 6.92 Å². The molecular weight excluding hydrogens is 328 g/mol. The van der Waals surface area contributed by atoms with E-state index in [2.05, 4.69) is 10.3 Å². The molecule has 2 aromatic rings. The second kappa shape index (κ2) is 8.01. The van der Waals surface area contributed by atoms with Crippen LogP contribution in [0.3, 0.4) is 0 Å². The maximum atomic E-state index is 12.2. The second-order valence-corrected chi connectivity index (χ2v) is 6.10. The van der Waals surface area contributed by atoms with E-state index in [9.17, 15) is 4.79 Å². The molecular formula is C17H22N2O4S. The number of nitrogens with one attached hydrogen (secondary N) is 1. The van der Waals surface area contributed by atoms with Gasteiger partial charge in [0.15, 0.2) is 11.5 Å². The molecule has 0 unspecified atom stereocenters. The van der Waals surface area contributed by atoms with Gasteiger partial charge < -0.3 is 19.5 Å². The lowest BCUT2D eigenvalue weighted by Crippen LogP contribution is -2.23. The Bertz CT molecular complexity index is 702. The molecule has 0 spiro atoms. The number of methoxy groups -OCH3 is 3. The average molecular weight is 350 g/mol. The molecule has 6 nitrogen and oxygen atoms in total. The summed E-state index contributed by atoms with van der Waals surface area (Å²) in [6.07, 6.45) is 0.892. The lowest BCUT2D eigenvalue weighted by Gasteiger charge is -2.13. The number of aromatic nitrogens is 1. The molecule has 24 heavy (non-hydrogen) atoms. The fourth-order valence-corrected chi connectivity index (χ4v) is 3.22. The van der Waals surface area contributed by atoms with E-state index in [1.165, 1.54) is 11.3 Å². The summed E-state index contributed by atoms with van der Waals surface area (Å²) in [4.78, 5) is 17.3. The van der Waals surface area contributed by atoms with Gasteiger partial charge in [-0.25, -0.2) is 4.98 Å². The monoisotopic (exact) mass is 350 g/mol. The molecule has 0 saturated carbocycles. The first kappa shape index (κ1) is 18.1. The Kier molecular flexibility index (Phi) is 6.03. The van der Waals surface area contributed by atoms with E-state index in [-0.39, 0.29) is 5.91 Å². The molecule has 0 radical (unpaired) electrons. The summed E-state index contributed by atoms with van der Waals surface area (Å²) in [5.41, 5.74) is 1.52. The third-order valence-electron chi connectivity index (χ3n) is 3.45. The van der Waals surface area contributed by atoms with Gasteiger partial charge in [-0.15, -0.1) is 11.3 Å². The lowest BCUT2D eigenvalue weighted by molar-refractivity contribution is 0.0957. The van der Waals surface area contributed by atoms with Crippen LogP contribution >= 0.6 is 11.3 Å². The normalized spacial score (nSPS) is 10.4. The third-order valence-corrected chi connectivity index (χ3v) is 4.66. The molecule has 1 aromatic carbocycles. The SMILES string of the molecule is CCCNC(=O)c1sc(-c2cc(OC)c(OC)c(OC)c2)nc1C. The van der Waals surface area contributed by atoms with Crippen molar-refractivity contribution in [1.29, 1.82) is 0 Å². The van der Waals surface area contributed by atoms with Crippen LogP contribution in [0.4, 0.5) is 0 Å². The van der Waals surface area contributed by atoms with Crippen LogP contribution in [-0.2, 0) is 0 Å². The van der Waals surface area contributed by atoms with Crippen molar-refractivity contribution in [3.63, 3.8) is 0 Å². The number of hydrogen-bond donors (Lipinski definition) is 1. The molecule has 7 heteroatoms. The highest BCUT2D eigenvalue weighted by Crippen LogP contribution is 2.42. The number of amides is 1. The number of ether oxygens (including phenoxy) is 3. The summed E-state index contributed by atoms with van der Waals surface area (Å²) in [6.45, 7) is 4.50. The van der Waals surface area contributed by atoms with Crippen LogP contribution in [0.5, 0.6) is 17.2 Å². The largest absolute Gasteiger partial charge is 0.493 e. The molecule has 1 N–H and O–H groups in total. The molecule has 0 aliphatic heterocycles. The van der Waals surface area contributed by atoms with E-state index in [1.807, 2.05) is 26.0 Å². The minimum Gasteiger partial charge on any atom is -0.493 e. The van der Waals surface area contributed by atoms with Gasteiger partial charge in [0.2, 0.25) is 5.75 Å². The van der Waals surface area contributed by atoms with E-state index >= 15 is 0 Å². The first-order valence-electron chi connectivity index (χ1n) is 7.61. The Labute approximate surface area is 145 Å². The lowest BCUT2D eigenvalue weighted by atomic mass is 10.2. The summed E-state index contributed by atoms with van der Waals surface area (Å²) in [6, 6.07) is 3.65. The quantitative estimate of drug-likeness (QED) is 0.830. The summed E-state index contributed by atoms with van der Waals surface area (Å²) < 4.78 is 16.1. The predicted molar refractivity (Wildman–Crippen MR) is 94.6 cm³/mol. The van der Waals surface area contributed by atoms with Crippen LogP contribution < -0.4 is 19.5 Å². The summed E-state index contributed by atoms with van der Waals surface area (Å²) >= 11 is 1.35. The van der Waals surface area contributed by atoms with Gasteiger partial charge in [0.05, 0.1) is 27.0 Å². The summed E-state index contributed by atoms with van der Waals surface area (Å²) in [5, 5.41) is 3.61. The Morgan fingerprint density at radius 1 is 1.17 bits per heavy atom. The maximum absolute atomic E-state index is 12.2. The van der Waals surface area contributed by atoms with Gasteiger partial charge in [0.1, 0.15) is 9.88 Å². The fourth-order valence-electron chi connectivity index (χ4n) is 2.25. The van der Waals surface area contributed by atoms with Gasteiger partial charge in [-0.3, -0.25) is 4.79 Å². The number of thiazole rings is 1. The molecule has 1 aromatic heterocycles. The number of aryl methyl sites for hydroxylation is 1. The number of benzene rings is 1. The highest BCUT2D eigenvalue weighted by molar-refractivity contribution is 7.17. The standard InChI is InChI=1S/C17H22N2O4S/c1-6-7-18-16(20)15-10(2)19-17(24-15)11-8-12(21-3)14(23-5)13(9-11)22-4/h8-9H,6-7H2,1-5H3,(H,18,20). The van der Waals surface area contributed by atoms with Crippen molar-refractivity contribution in [2.75, 3.05) is 27.9 Å². The van der Waals surface area contributed by atoms with Crippen LogP contribution in [-0.4, -0.2) is 38.8 Å². The summed E-state index contributed by atoms with van der Waals surface area (Å²) in [5.74, 6) is 1.54. The topological polar surface area (TPSA) is 69.7 Å². The van der Waals surface area contributed by atoms with E-state index in [0.717, 1.165) is 17.0 Å². The molecule has 0 fully saturated rings. The predicted octanol–water partition coefficient (Wildman–Crippen LogP) is 3.28. The van der Waals surface area contributed by atoms with Gasteiger partial charge in [-0.1, -0.05) is 6.92 Å². The van der Waals surface area contributed by atoms with Crippen molar-refractivity contribution in [3.05, 3.63) is 22.7 Å². The minimum atomic E-state index is -0.0921. The van der Waals surface area contributed by atoms with Crippen molar-refractivity contribution in [2.45, 2.75) is 20.3 Å². The second-order valence-electron chi connectivity index (χ2n) is 5.10. The van der Waals surface area contributed by atoms with Crippen molar-refractivity contribution in [3.8, 4) is 27.8 Å². The number of hydrogen-bond acceptors (Lipinski definition) is 6. The Balaban J connectivity index is 2.44. The van der Waals surface area contributed by atoms with Crippen LogP contribution in [0.2, 0.25) is 0 Å². The smallest absolute Gasteiger partial charge is 0.263 e. The zero-order valence-electron chi connectivity index (χ0n) is 14.6. The molecule has 0 aliphatic rings. The van der Waals surface area contributed by atoms with E-state index in [1.54, 1.807) is 21.3 Å². The Morgan fingerprint density at radius 3 is 2.29 bits per heavy atom. The molecule has 0 bridgehead atoms. The zero-order valence-corrected chi connectivity index (χ0v) is 15.4. The van der Waals surface area contributed by atoms with Gasteiger partial charge >= 0.3 is 0 Å². The van der Waals surface area contributed by atoms with Gasteiger partial charge in [0.25, 0.3) is 5.91 Å². The summed E-state index contributed by atoms with van der Waals surface area (Å²) in [7, 11) is 4.69. The fraction of sp³-hybridized carbons (Fsp3) is 0.412. The zero-order chi connectivity index (χ0) is 17.7. The molecule has 0 saturated heterocycles. The first-order valence-corrected chi connectivity index (χ1v) is 8.43. The van der Waals surface area contributed by atoms with Crippen LogP contribution in [0.25, 0.3) is 10.6 Å². The number of nitrogens with zero attached hydrogens (tertiary/aromatic N) is 1. The molecule has 1 amide bonds. The number of rotatable bonds is 7. The third kappa shape index (κ3) is 3.62. The molecule has 2 rings (SSSR count). The number of carbonyl (C=O) groups excluding carboxylic acids is 1. The minimum absolute atomic E-state index is 0.0921. The Hall–Kier alpha value is -2.28. The van der Waals surface area contributed by atoms with Gasteiger partial charge in [0, 0.05) is 12.1 Å². The van der Waals surface area contributed by atoms with Gasteiger partial charge in [-0.2, -0.15) is 0 Å². The Morgan fingerprint density at radius 2 is 1.79 bits per heavy atom. The number of carbonyl (C=O) groups is 1. The average Bonchev–Trinajstić information content (AvgIpc) is 3.00. The molecule has 1 heterocycles. The first-order chi connectivity index (χ1) is 11.5. The van der Waals surface area contributed by atoms with E-state index in [0.29, 0.717) is 34.4 Å². The van der Waals surface area contributed by atoms with Crippen molar-refractivity contribution >= 4 is 17.2 Å². The van der Waals surface area contributed by atoms with Crippen LogP contribution in [0.1, 0.15) is 28.7 Å². The highest BCUT2D eigenvalue weighted by Gasteiger charge is 2.19. The van der Waals surface area contributed by atoms with Crippen molar-refractivity contribution in [2.24, 2.45) is 0 Å². The molecule has 130 valence electrons. The van der Waals surface area contributed by atoms with E-state index < -0.39 is 0 Å². The molecule has 0 aliphatic carbocycles. The van der Waals surface area contributed by atoms with E-state index in [4.69, 9.17) is 14.2 Å². The van der Waals surface area contributed by atoms with Gasteiger partial charge in [-0.05, 0) is 25.5 Å². The highest BCUT2D eigenvalue weighted by atomic mass is 32.1. The van der Waals surface area contributed by atoms with Crippen molar-refractivity contribution < 1.29 is 19.0 Å². The van der Waals surface area contributed by atoms with Crippen LogP contribution in [0.15, 0.2) is 12.1 Å². The molecule has 0 atom stereocenters. The van der Waals surface area contributed by atoms with Crippen molar-refractivity contribution in [1.82, 2.24) is 10.3 Å². The maximum Gasteiger partial charge on any atom is 0.263 e.